The van der Waals surface area contributed by atoms with Crippen LogP contribution in [0.3, 0.4) is 0 Å². The molecule has 0 saturated carbocycles. The third kappa shape index (κ3) is 5.91. The monoisotopic (exact) mass is 344 g/mol. The molecule has 0 fully saturated rings. The molecule has 2 aromatic rings. The fraction of sp³-hybridized carbons (Fsp3) is 0.263. The number of amides is 2. The number of phenols is 1. The number of rotatable bonds is 7. The molecule has 2 aromatic carbocycles. The number of carbonyl (C=O) groups is 2. The zero-order valence-corrected chi connectivity index (χ0v) is 14.0. The number of aromatic hydroxyl groups is 1. The van der Waals surface area contributed by atoms with Crippen LogP contribution in [-0.4, -0.2) is 30.0 Å². The molecule has 0 aromatic heterocycles. The van der Waals surface area contributed by atoms with E-state index in [4.69, 9.17) is 0 Å². The standard InChI is InChI=1S/C19H21FN2O3/c1-13(15-3-2-4-16(20)12-15)11-18(24)21-9-10-22-19(25)14-5-7-17(23)8-6-14/h2-8,12-13,23H,9-11H2,1H3,(H,21,24)(H,22,25). The summed E-state index contributed by atoms with van der Waals surface area (Å²) in [6.45, 7) is 2.46. The molecule has 0 saturated heterocycles. The number of carbonyl (C=O) groups excluding carboxylic acids is 2. The van der Waals surface area contributed by atoms with Gasteiger partial charge in [0.1, 0.15) is 11.6 Å². The minimum atomic E-state index is -0.318. The molecule has 2 rings (SSSR count). The number of hydrogen-bond acceptors (Lipinski definition) is 3. The highest BCUT2D eigenvalue weighted by atomic mass is 19.1. The number of halogens is 1. The third-order valence-corrected chi connectivity index (χ3v) is 3.77. The maximum Gasteiger partial charge on any atom is 0.251 e. The number of hydrogen-bond donors (Lipinski definition) is 3. The Kier molecular flexibility index (Phi) is 6.51. The zero-order chi connectivity index (χ0) is 18.2. The lowest BCUT2D eigenvalue weighted by molar-refractivity contribution is -0.121. The highest BCUT2D eigenvalue weighted by Gasteiger charge is 2.12. The first-order chi connectivity index (χ1) is 12.0. The van der Waals surface area contributed by atoms with E-state index in [9.17, 15) is 19.1 Å². The van der Waals surface area contributed by atoms with Crippen LogP contribution in [0.5, 0.6) is 5.75 Å². The van der Waals surface area contributed by atoms with Crippen molar-refractivity contribution in [1.82, 2.24) is 10.6 Å². The van der Waals surface area contributed by atoms with Crippen molar-refractivity contribution in [1.29, 1.82) is 0 Å². The van der Waals surface area contributed by atoms with Crippen LogP contribution in [0.15, 0.2) is 48.5 Å². The second-order valence-corrected chi connectivity index (χ2v) is 5.81. The van der Waals surface area contributed by atoms with Gasteiger partial charge < -0.3 is 15.7 Å². The summed E-state index contributed by atoms with van der Waals surface area (Å²) in [5.41, 5.74) is 1.21. The SMILES string of the molecule is CC(CC(=O)NCCNC(=O)c1ccc(O)cc1)c1cccc(F)c1. The van der Waals surface area contributed by atoms with Gasteiger partial charge in [0.2, 0.25) is 5.91 Å². The summed E-state index contributed by atoms with van der Waals surface area (Å²) in [5, 5.41) is 14.6. The molecule has 3 N–H and O–H groups in total. The largest absolute Gasteiger partial charge is 0.508 e. The summed E-state index contributed by atoms with van der Waals surface area (Å²) in [7, 11) is 0. The average Bonchev–Trinajstić information content (AvgIpc) is 2.59. The van der Waals surface area contributed by atoms with Crippen molar-refractivity contribution in [3.8, 4) is 5.75 Å². The van der Waals surface area contributed by atoms with E-state index in [2.05, 4.69) is 10.6 Å². The van der Waals surface area contributed by atoms with Gasteiger partial charge >= 0.3 is 0 Å². The number of phenolic OH excluding ortho intramolecular Hbond substituents is 1. The van der Waals surface area contributed by atoms with Gasteiger partial charge in [0, 0.05) is 25.1 Å². The van der Waals surface area contributed by atoms with Crippen molar-refractivity contribution in [2.75, 3.05) is 13.1 Å². The smallest absolute Gasteiger partial charge is 0.251 e. The molecular weight excluding hydrogens is 323 g/mol. The second-order valence-electron chi connectivity index (χ2n) is 5.81. The Hall–Kier alpha value is -2.89. The van der Waals surface area contributed by atoms with Gasteiger partial charge in [0.15, 0.2) is 0 Å². The summed E-state index contributed by atoms with van der Waals surface area (Å²) in [6, 6.07) is 12.1. The van der Waals surface area contributed by atoms with E-state index in [1.54, 1.807) is 12.1 Å². The molecule has 25 heavy (non-hydrogen) atoms. The summed E-state index contributed by atoms with van der Waals surface area (Å²) < 4.78 is 13.2. The van der Waals surface area contributed by atoms with Crippen LogP contribution in [0.25, 0.3) is 0 Å². The highest BCUT2D eigenvalue weighted by molar-refractivity contribution is 5.94. The van der Waals surface area contributed by atoms with Gasteiger partial charge in [-0.05, 0) is 47.9 Å². The van der Waals surface area contributed by atoms with E-state index in [1.807, 2.05) is 6.92 Å². The molecule has 0 bridgehead atoms. The summed E-state index contributed by atoms with van der Waals surface area (Å²) in [6.07, 6.45) is 0.245. The second kappa shape index (κ2) is 8.82. The van der Waals surface area contributed by atoms with Gasteiger partial charge in [-0.3, -0.25) is 9.59 Å². The molecule has 0 aliphatic carbocycles. The zero-order valence-electron chi connectivity index (χ0n) is 14.0. The molecule has 6 heteroatoms. The number of benzene rings is 2. The van der Waals surface area contributed by atoms with Crippen LogP contribution >= 0.6 is 0 Å². The van der Waals surface area contributed by atoms with E-state index in [1.165, 1.54) is 36.4 Å². The van der Waals surface area contributed by atoms with Gasteiger partial charge in [-0.15, -0.1) is 0 Å². The maximum atomic E-state index is 13.2. The summed E-state index contributed by atoms with van der Waals surface area (Å²) in [4.78, 5) is 23.8. The van der Waals surface area contributed by atoms with Crippen molar-refractivity contribution in [3.05, 3.63) is 65.5 Å². The van der Waals surface area contributed by atoms with Gasteiger partial charge in [-0.25, -0.2) is 4.39 Å². The molecule has 0 radical (unpaired) electrons. The lowest BCUT2D eigenvalue weighted by Crippen LogP contribution is -2.35. The number of nitrogens with one attached hydrogen (secondary N) is 2. The lowest BCUT2D eigenvalue weighted by Gasteiger charge is -2.12. The Labute approximate surface area is 145 Å². The molecule has 0 heterocycles. The van der Waals surface area contributed by atoms with E-state index in [0.717, 1.165) is 5.56 Å². The fourth-order valence-corrected chi connectivity index (χ4v) is 2.37. The molecule has 5 nitrogen and oxygen atoms in total. The topological polar surface area (TPSA) is 78.4 Å². The first kappa shape index (κ1) is 18.4. The molecule has 2 amide bonds. The minimum Gasteiger partial charge on any atom is -0.508 e. The quantitative estimate of drug-likeness (QED) is 0.676. The predicted octanol–water partition coefficient (Wildman–Crippen LogP) is 2.57. The average molecular weight is 344 g/mol. The molecule has 0 aliphatic heterocycles. The Morgan fingerprint density at radius 3 is 2.44 bits per heavy atom. The van der Waals surface area contributed by atoms with Gasteiger partial charge in [-0.1, -0.05) is 19.1 Å². The Bertz CT molecular complexity index is 732. The van der Waals surface area contributed by atoms with Crippen LogP contribution in [0, 0.1) is 5.82 Å². The van der Waals surface area contributed by atoms with Gasteiger partial charge in [0.05, 0.1) is 0 Å². The fourth-order valence-electron chi connectivity index (χ4n) is 2.37. The maximum absolute atomic E-state index is 13.2. The summed E-state index contributed by atoms with van der Waals surface area (Å²) in [5.74, 6) is -0.752. The lowest BCUT2D eigenvalue weighted by atomic mass is 9.97. The van der Waals surface area contributed by atoms with Crippen molar-refractivity contribution in [2.45, 2.75) is 19.3 Å². The molecule has 132 valence electrons. The molecule has 0 aliphatic rings. The van der Waals surface area contributed by atoms with Gasteiger partial charge in [0.25, 0.3) is 5.91 Å². The predicted molar refractivity (Wildman–Crippen MR) is 92.9 cm³/mol. The highest BCUT2D eigenvalue weighted by Crippen LogP contribution is 2.19. The third-order valence-electron chi connectivity index (χ3n) is 3.77. The van der Waals surface area contributed by atoms with Crippen molar-refractivity contribution in [3.63, 3.8) is 0 Å². The van der Waals surface area contributed by atoms with E-state index in [-0.39, 0.29) is 35.7 Å². The normalized spacial score (nSPS) is 11.6. The van der Waals surface area contributed by atoms with E-state index in [0.29, 0.717) is 18.7 Å². The van der Waals surface area contributed by atoms with Crippen LogP contribution in [0.4, 0.5) is 4.39 Å². The molecule has 1 atom stereocenters. The van der Waals surface area contributed by atoms with Crippen molar-refractivity contribution >= 4 is 11.8 Å². The van der Waals surface area contributed by atoms with Crippen LogP contribution < -0.4 is 10.6 Å². The van der Waals surface area contributed by atoms with Crippen molar-refractivity contribution < 1.29 is 19.1 Å². The van der Waals surface area contributed by atoms with E-state index < -0.39 is 0 Å². The Balaban J connectivity index is 1.70. The molecule has 1 unspecified atom stereocenters. The Morgan fingerprint density at radius 2 is 1.76 bits per heavy atom. The van der Waals surface area contributed by atoms with Crippen LogP contribution in [-0.2, 0) is 4.79 Å². The Morgan fingerprint density at radius 1 is 1.08 bits per heavy atom. The molecular formula is C19H21FN2O3. The molecule has 0 spiro atoms. The minimum absolute atomic E-state index is 0.0937. The van der Waals surface area contributed by atoms with Gasteiger partial charge in [-0.2, -0.15) is 0 Å². The van der Waals surface area contributed by atoms with E-state index >= 15 is 0 Å². The van der Waals surface area contributed by atoms with Crippen molar-refractivity contribution in [2.24, 2.45) is 0 Å². The first-order valence-corrected chi connectivity index (χ1v) is 8.05. The van der Waals surface area contributed by atoms with Crippen LogP contribution in [0.1, 0.15) is 35.2 Å². The first-order valence-electron chi connectivity index (χ1n) is 8.05. The van der Waals surface area contributed by atoms with Crippen LogP contribution in [0.2, 0.25) is 0 Å². The summed E-state index contributed by atoms with van der Waals surface area (Å²) >= 11 is 0.